The molecule has 0 radical (unpaired) electrons. The van der Waals surface area contributed by atoms with Crippen molar-refractivity contribution in [2.24, 2.45) is 7.05 Å². The van der Waals surface area contributed by atoms with Crippen molar-refractivity contribution < 1.29 is 9.47 Å². The highest BCUT2D eigenvalue weighted by atomic mass is 16.5. The normalized spacial score (nSPS) is 10.5. The molecule has 1 aromatic carbocycles. The van der Waals surface area contributed by atoms with Gasteiger partial charge in [0, 0.05) is 24.7 Å². The van der Waals surface area contributed by atoms with E-state index in [-0.39, 0.29) is 0 Å². The molecule has 0 unspecified atom stereocenters. The van der Waals surface area contributed by atoms with Crippen LogP contribution in [0.2, 0.25) is 0 Å². The van der Waals surface area contributed by atoms with Crippen molar-refractivity contribution in [1.82, 2.24) is 4.57 Å². The molecule has 0 aliphatic heterocycles. The van der Waals surface area contributed by atoms with E-state index in [0.717, 1.165) is 22.4 Å². The molecule has 0 saturated carbocycles. The van der Waals surface area contributed by atoms with E-state index in [1.807, 2.05) is 36.0 Å². The van der Waals surface area contributed by atoms with Gasteiger partial charge in [0.25, 0.3) is 0 Å². The molecule has 0 N–H and O–H groups in total. The van der Waals surface area contributed by atoms with Crippen LogP contribution in [0.5, 0.6) is 11.5 Å². The van der Waals surface area contributed by atoms with Gasteiger partial charge < -0.3 is 14.0 Å². The predicted molar refractivity (Wildman–Crippen MR) is 56.0 cm³/mol. The molecule has 2 aromatic rings. The van der Waals surface area contributed by atoms with Crippen molar-refractivity contribution in [3.63, 3.8) is 0 Å². The lowest BCUT2D eigenvalue weighted by Gasteiger charge is -2.07. The van der Waals surface area contributed by atoms with Gasteiger partial charge in [0.1, 0.15) is 11.5 Å². The number of methoxy groups -OCH3 is 2. The number of hydrogen-bond donors (Lipinski definition) is 0. The van der Waals surface area contributed by atoms with Gasteiger partial charge in [-0.1, -0.05) is 0 Å². The van der Waals surface area contributed by atoms with E-state index in [2.05, 4.69) is 0 Å². The van der Waals surface area contributed by atoms with E-state index in [0.29, 0.717) is 0 Å². The maximum Gasteiger partial charge on any atom is 0.146 e. The first-order valence-electron chi connectivity index (χ1n) is 4.43. The van der Waals surface area contributed by atoms with E-state index in [1.165, 1.54) is 0 Å². The fraction of sp³-hybridized carbons (Fsp3) is 0.273. The van der Waals surface area contributed by atoms with Crippen molar-refractivity contribution in [3.8, 4) is 11.5 Å². The number of ether oxygens (including phenoxy) is 2. The summed E-state index contributed by atoms with van der Waals surface area (Å²) in [6.45, 7) is 0. The van der Waals surface area contributed by atoms with E-state index >= 15 is 0 Å². The Balaban J connectivity index is 2.76. The molecule has 0 bridgehead atoms. The van der Waals surface area contributed by atoms with Gasteiger partial charge in [0.05, 0.1) is 19.7 Å². The Bertz CT molecular complexity index is 460. The fourth-order valence-corrected chi connectivity index (χ4v) is 1.65. The Hall–Kier alpha value is -1.64. The maximum absolute atomic E-state index is 5.31. The summed E-state index contributed by atoms with van der Waals surface area (Å²) in [6, 6.07) is 5.93. The van der Waals surface area contributed by atoms with Gasteiger partial charge in [-0.15, -0.1) is 0 Å². The van der Waals surface area contributed by atoms with Crippen molar-refractivity contribution in [1.29, 1.82) is 0 Å². The molecule has 0 aliphatic carbocycles. The van der Waals surface area contributed by atoms with Crippen molar-refractivity contribution >= 4 is 10.9 Å². The lowest BCUT2D eigenvalue weighted by atomic mass is 10.2. The standard InChI is InChI=1S/C11H13NO2/c1-12-5-4-8-6-9(13-2)7-10(14-3)11(8)12/h4-7H,1-3H3. The topological polar surface area (TPSA) is 23.4 Å². The van der Waals surface area contributed by atoms with Crippen molar-refractivity contribution in [3.05, 3.63) is 24.4 Å². The van der Waals surface area contributed by atoms with Gasteiger partial charge in [-0.05, 0) is 12.1 Å². The Morgan fingerprint density at radius 3 is 2.57 bits per heavy atom. The molecule has 14 heavy (non-hydrogen) atoms. The number of hydrogen-bond acceptors (Lipinski definition) is 2. The fourth-order valence-electron chi connectivity index (χ4n) is 1.65. The number of nitrogens with zero attached hydrogens (tertiary/aromatic N) is 1. The zero-order valence-corrected chi connectivity index (χ0v) is 8.57. The second kappa shape index (κ2) is 3.25. The van der Waals surface area contributed by atoms with Crippen molar-refractivity contribution in [2.75, 3.05) is 14.2 Å². The van der Waals surface area contributed by atoms with Crippen LogP contribution in [0.15, 0.2) is 24.4 Å². The van der Waals surface area contributed by atoms with E-state index in [9.17, 15) is 0 Å². The highest BCUT2D eigenvalue weighted by Crippen LogP contribution is 2.31. The van der Waals surface area contributed by atoms with Gasteiger partial charge in [-0.2, -0.15) is 0 Å². The molecule has 3 nitrogen and oxygen atoms in total. The highest BCUT2D eigenvalue weighted by Gasteiger charge is 2.07. The Morgan fingerprint density at radius 2 is 1.93 bits per heavy atom. The second-order valence-corrected chi connectivity index (χ2v) is 3.19. The minimum absolute atomic E-state index is 0.820. The van der Waals surface area contributed by atoms with Crippen LogP contribution >= 0.6 is 0 Å². The first-order valence-corrected chi connectivity index (χ1v) is 4.43. The Labute approximate surface area is 82.9 Å². The smallest absolute Gasteiger partial charge is 0.146 e. The summed E-state index contributed by atoms with van der Waals surface area (Å²) < 4.78 is 12.5. The summed E-state index contributed by atoms with van der Waals surface area (Å²) in [7, 11) is 5.32. The SMILES string of the molecule is COc1cc(OC)c2c(ccn2C)c1. The van der Waals surface area contributed by atoms with Crippen LogP contribution in [-0.4, -0.2) is 18.8 Å². The lowest BCUT2D eigenvalue weighted by molar-refractivity contribution is 0.397. The summed E-state index contributed by atoms with van der Waals surface area (Å²) >= 11 is 0. The zero-order valence-electron chi connectivity index (χ0n) is 8.57. The first kappa shape index (κ1) is 8.94. The third-order valence-electron chi connectivity index (χ3n) is 2.36. The van der Waals surface area contributed by atoms with Crippen molar-refractivity contribution in [2.45, 2.75) is 0 Å². The summed E-state index contributed by atoms with van der Waals surface area (Å²) in [5.74, 6) is 1.66. The maximum atomic E-state index is 5.31. The molecule has 0 saturated heterocycles. The first-order chi connectivity index (χ1) is 6.76. The number of rotatable bonds is 2. The summed E-state index contributed by atoms with van der Waals surface area (Å²) in [5, 5.41) is 1.13. The molecular weight excluding hydrogens is 178 g/mol. The number of fused-ring (bicyclic) bond motifs is 1. The molecule has 1 heterocycles. The van der Waals surface area contributed by atoms with Crippen LogP contribution in [0.1, 0.15) is 0 Å². The van der Waals surface area contributed by atoms with E-state index in [4.69, 9.17) is 9.47 Å². The largest absolute Gasteiger partial charge is 0.497 e. The number of benzene rings is 1. The highest BCUT2D eigenvalue weighted by molar-refractivity contribution is 5.87. The minimum Gasteiger partial charge on any atom is -0.497 e. The average Bonchev–Trinajstić information content (AvgIpc) is 2.59. The van der Waals surface area contributed by atoms with E-state index in [1.54, 1.807) is 14.2 Å². The predicted octanol–water partition coefficient (Wildman–Crippen LogP) is 2.20. The Morgan fingerprint density at radius 1 is 1.14 bits per heavy atom. The van der Waals surface area contributed by atoms with E-state index < -0.39 is 0 Å². The monoisotopic (exact) mass is 191 g/mol. The van der Waals surface area contributed by atoms with Crippen LogP contribution in [0.3, 0.4) is 0 Å². The summed E-state index contributed by atoms with van der Waals surface area (Å²) in [5.41, 5.74) is 1.09. The molecule has 74 valence electrons. The number of aromatic nitrogens is 1. The quantitative estimate of drug-likeness (QED) is 0.726. The van der Waals surface area contributed by atoms with Crippen LogP contribution in [0.4, 0.5) is 0 Å². The third-order valence-corrected chi connectivity index (χ3v) is 2.36. The average molecular weight is 191 g/mol. The van der Waals surface area contributed by atoms with Gasteiger partial charge >= 0.3 is 0 Å². The molecule has 0 spiro atoms. The van der Waals surface area contributed by atoms with Gasteiger partial charge in [0.15, 0.2) is 0 Å². The zero-order chi connectivity index (χ0) is 10.1. The van der Waals surface area contributed by atoms with Crippen LogP contribution in [0, 0.1) is 0 Å². The third kappa shape index (κ3) is 1.21. The summed E-state index contributed by atoms with van der Waals surface area (Å²) in [4.78, 5) is 0. The van der Waals surface area contributed by atoms with Crippen LogP contribution in [0.25, 0.3) is 10.9 Å². The molecule has 2 rings (SSSR count). The van der Waals surface area contributed by atoms with Gasteiger partial charge in [-0.3, -0.25) is 0 Å². The van der Waals surface area contributed by atoms with Gasteiger partial charge in [-0.25, -0.2) is 0 Å². The second-order valence-electron chi connectivity index (χ2n) is 3.19. The molecule has 0 amide bonds. The molecule has 0 aliphatic rings. The molecule has 0 atom stereocenters. The minimum atomic E-state index is 0.820. The lowest BCUT2D eigenvalue weighted by Crippen LogP contribution is -1.91. The molecular formula is C11H13NO2. The molecule has 0 fully saturated rings. The van der Waals surface area contributed by atoms with Gasteiger partial charge in [0.2, 0.25) is 0 Å². The Kier molecular flexibility index (Phi) is 2.08. The molecule has 1 aromatic heterocycles. The number of aryl methyl sites for hydroxylation is 1. The van der Waals surface area contributed by atoms with Crippen LogP contribution in [-0.2, 0) is 7.05 Å². The van der Waals surface area contributed by atoms with Crippen LogP contribution < -0.4 is 9.47 Å². The molecule has 3 heteroatoms. The summed E-state index contributed by atoms with van der Waals surface area (Å²) in [6.07, 6.45) is 2.01.